The summed E-state index contributed by atoms with van der Waals surface area (Å²) in [6.45, 7) is 0. The third-order valence-corrected chi connectivity index (χ3v) is 3.84. The minimum atomic E-state index is -0.307. The van der Waals surface area contributed by atoms with Crippen molar-refractivity contribution in [3.63, 3.8) is 0 Å². The van der Waals surface area contributed by atoms with Crippen molar-refractivity contribution in [1.82, 2.24) is 9.97 Å². The van der Waals surface area contributed by atoms with Crippen LogP contribution in [0.3, 0.4) is 0 Å². The van der Waals surface area contributed by atoms with Gasteiger partial charge in [0, 0.05) is 16.8 Å². The number of aliphatic imine (C=N–C) groups is 1. The van der Waals surface area contributed by atoms with Gasteiger partial charge in [-0.2, -0.15) is 9.97 Å². The van der Waals surface area contributed by atoms with Crippen molar-refractivity contribution in [3.05, 3.63) is 65.5 Å². The fourth-order valence-electron chi connectivity index (χ4n) is 2.71. The van der Waals surface area contributed by atoms with Crippen LogP contribution in [0.15, 0.2) is 53.5 Å². The Kier molecular flexibility index (Phi) is 3.53. The maximum atomic E-state index is 13.3. The van der Waals surface area contributed by atoms with Gasteiger partial charge >= 0.3 is 0 Å². The number of nitrogens with two attached hydrogens (primary N) is 1. The largest absolute Gasteiger partial charge is 0.479 e. The highest BCUT2D eigenvalue weighted by atomic mass is 19.1. The summed E-state index contributed by atoms with van der Waals surface area (Å²) in [6, 6.07) is 13.8. The zero-order valence-corrected chi connectivity index (χ0v) is 13.3. The molecule has 1 aliphatic heterocycles. The second-order valence-corrected chi connectivity index (χ2v) is 5.43. The van der Waals surface area contributed by atoms with E-state index in [1.807, 2.05) is 24.3 Å². The van der Waals surface area contributed by atoms with E-state index in [0.29, 0.717) is 17.2 Å². The van der Waals surface area contributed by atoms with E-state index in [0.717, 1.165) is 16.8 Å². The Morgan fingerprint density at radius 2 is 1.80 bits per heavy atom. The quantitative estimate of drug-likeness (QED) is 0.586. The third-order valence-electron chi connectivity index (χ3n) is 3.84. The minimum absolute atomic E-state index is 0.0843. The number of hydrogen-bond donors (Lipinski definition) is 2. The predicted octanol–water partition coefficient (Wildman–Crippen LogP) is 3.43. The van der Waals surface area contributed by atoms with E-state index < -0.39 is 0 Å². The van der Waals surface area contributed by atoms with Gasteiger partial charge < -0.3 is 15.8 Å². The molecule has 0 radical (unpaired) electrons. The molecule has 0 spiro atoms. The highest BCUT2D eigenvalue weighted by Crippen LogP contribution is 2.39. The Balaban J connectivity index is 2.01. The van der Waals surface area contributed by atoms with Crippen molar-refractivity contribution in [2.75, 3.05) is 18.2 Å². The Labute approximate surface area is 143 Å². The lowest BCUT2D eigenvalue weighted by molar-refractivity contribution is 0.399. The first-order valence-corrected chi connectivity index (χ1v) is 7.58. The van der Waals surface area contributed by atoms with Gasteiger partial charge in [0.05, 0.1) is 12.8 Å². The van der Waals surface area contributed by atoms with Gasteiger partial charge in [0.15, 0.2) is 11.5 Å². The van der Waals surface area contributed by atoms with Crippen LogP contribution in [0.5, 0.6) is 5.88 Å². The van der Waals surface area contributed by atoms with E-state index in [1.54, 1.807) is 12.1 Å². The van der Waals surface area contributed by atoms with Gasteiger partial charge in [-0.15, -0.1) is 0 Å². The van der Waals surface area contributed by atoms with Gasteiger partial charge in [-0.1, -0.05) is 18.2 Å². The van der Waals surface area contributed by atoms with Gasteiger partial charge in [-0.3, -0.25) is 0 Å². The smallest absolute Gasteiger partial charge is 0.246 e. The first kappa shape index (κ1) is 15.1. The third kappa shape index (κ3) is 2.65. The molecular formula is C18H14FN5O. The Morgan fingerprint density at radius 3 is 2.56 bits per heavy atom. The number of hydrogen-bond acceptors (Lipinski definition) is 6. The Morgan fingerprint density at radius 1 is 1.04 bits per heavy atom. The van der Waals surface area contributed by atoms with Crippen LogP contribution in [0.4, 0.5) is 27.5 Å². The average Bonchev–Trinajstić information content (AvgIpc) is 2.78. The maximum absolute atomic E-state index is 13.3. The number of fused-ring (bicyclic) bond motifs is 2. The highest BCUT2D eigenvalue weighted by molar-refractivity contribution is 6.18. The molecule has 0 saturated carbocycles. The number of nitrogen functional groups attached to an aromatic ring is 1. The van der Waals surface area contributed by atoms with Crippen LogP contribution < -0.4 is 15.8 Å². The van der Waals surface area contributed by atoms with E-state index >= 15 is 0 Å². The van der Waals surface area contributed by atoms with Crippen LogP contribution in [-0.4, -0.2) is 22.8 Å². The first-order chi connectivity index (χ1) is 12.2. The number of ether oxygens (including phenoxy) is 1. The van der Waals surface area contributed by atoms with Gasteiger partial charge in [-0.25, -0.2) is 9.38 Å². The molecule has 7 heteroatoms. The Hall–Kier alpha value is -3.48. The van der Waals surface area contributed by atoms with E-state index in [1.165, 1.54) is 19.2 Å². The number of anilines is 3. The number of para-hydroxylation sites is 1. The lowest BCUT2D eigenvalue weighted by atomic mass is 10.0. The summed E-state index contributed by atoms with van der Waals surface area (Å²) in [5.74, 6) is 0.496. The molecule has 0 amide bonds. The van der Waals surface area contributed by atoms with Gasteiger partial charge in [-0.05, 0) is 30.3 Å². The summed E-state index contributed by atoms with van der Waals surface area (Å²) in [7, 11) is 1.49. The van der Waals surface area contributed by atoms with Crippen LogP contribution in [0.1, 0.15) is 11.1 Å². The molecule has 1 aromatic heterocycles. The number of nitrogens with one attached hydrogen (secondary N) is 1. The van der Waals surface area contributed by atoms with Crippen molar-refractivity contribution >= 4 is 28.9 Å². The summed E-state index contributed by atoms with van der Waals surface area (Å²) >= 11 is 0. The van der Waals surface area contributed by atoms with E-state index in [4.69, 9.17) is 15.5 Å². The molecule has 3 aromatic rings. The standard InChI is InChI=1S/C18H14FN5O/c1-25-17-15-16(23-18(20)24-17)21-13-5-3-2-4-12(13)14(22-15)10-6-8-11(19)9-7-10/h2-9H,1H3,(H3,20,21,23,24). The van der Waals surface area contributed by atoms with Crippen LogP contribution in [0.2, 0.25) is 0 Å². The molecule has 2 heterocycles. The first-order valence-electron chi connectivity index (χ1n) is 7.58. The summed E-state index contributed by atoms with van der Waals surface area (Å²) in [4.78, 5) is 13.0. The summed E-state index contributed by atoms with van der Waals surface area (Å²) < 4.78 is 18.6. The molecule has 0 unspecified atom stereocenters. The second kappa shape index (κ2) is 5.86. The van der Waals surface area contributed by atoms with E-state index in [2.05, 4.69) is 15.3 Å². The molecule has 0 saturated heterocycles. The van der Waals surface area contributed by atoms with Crippen molar-refractivity contribution in [2.24, 2.45) is 4.99 Å². The Bertz CT molecular complexity index is 985. The summed E-state index contributed by atoms with van der Waals surface area (Å²) in [5, 5.41) is 3.23. The number of nitrogens with zero attached hydrogens (tertiary/aromatic N) is 3. The summed E-state index contributed by atoms with van der Waals surface area (Å²) in [5.41, 5.74) is 9.29. The average molecular weight is 335 g/mol. The molecule has 0 atom stereocenters. The maximum Gasteiger partial charge on any atom is 0.246 e. The molecule has 0 aliphatic carbocycles. The van der Waals surface area contributed by atoms with Crippen molar-refractivity contribution in [3.8, 4) is 5.88 Å². The van der Waals surface area contributed by atoms with E-state index in [-0.39, 0.29) is 17.6 Å². The number of aromatic nitrogens is 2. The number of methoxy groups -OCH3 is 1. The second-order valence-electron chi connectivity index (χ2n) is 5.43. The van der Waals surface area contributed by atoms with Crippen molar-refractivity contribution < 1.29 is 9.13 Å². The molecule has 3 N–H and O–H groups in total. The van der Waals surface area contributed by atoms with Gasteiger partial charge in [0.2, 0.25) is 11.8 Å². The fraction of sp³-hybridized carbons (Fsp3) is 0.0556. The minimum Gasteiger partial charge on any atom is -0.479 e. The molecule has 0 bridgehead atoms. The molecule has 124 valence electrons. The topological polar surface area (TPSA) is 85.4 Å². The van der Waals surface area contributed by atoms with Crippen LogP contribution in [0, 0.1) is 5.82 Å². The SMILES string of the molecule is COc1nc(N)nc2c1N=C(c1ccc(F)cc1)c1ccccc1N2. The monoisotopic (exact) mass is 335 g/mol. The normalized spacial score (nSPS) is 12.3. The lowest BCUT2D eigenvalue weighted by Crippen LogP contribution is -2.04. The number of rotatable bonds is 2. The molecule has 2 aromatic carbocycles. The predicted molar refractivity (Wildman–Crippen MR) is 94.4 cm³/mol. The molecular weight excluding hydrogens is 321 g/mol. The molecule has 0 fully saturated rings. The lowest BCUT2D eigenvalue weighted by Gasteiger charge is -2.10. The number of halogens is 1. The molecule has 25 heavy (non-hydrogen) atoms. The molecule has 1 aliphatic rings. The van der Waals surface area contributed by atoms with Crippen molar-refractivity contribution in [1.29, 1.82) is 0 Å². The zero-order chi connectivity index (χ0) is 17.4. The van der Waals surface area contributed by atoms with Crippen LogP contribution in [0.25, 0.3) is 0 Å². The molecule has 6 nitrogen and oxygen atoms in total. The van der Waals surface area contributed by atoms with E-state index in [9.17, 15) is 4.39 Å². The van der Waals surface area contributed by atoms with Crippen LogP contribution >= 0.6 is 0 Å². The van der Waals surface area contributed by atoms with Crippen molar-refractivity contribution in [2.45, 2.75) is 0 Å². The van der Waals surface area contributed by atoms with Crippen LogP contribution in [-0.2, 0) is 0 Å². The van der Waals surface area contributed by atoms with Gasteiger partial charge in [0.25, 0.3) is 0 Å². The number of benzene rings is 2. The van der Waals surface area contributed by atoms with Gasteiger partial charge in [0.1, 0.15) is 5.82 Å². The summed E-state index contributed by atoms with van der Waals surface area (Å²) in [6.07, 6.45) is 0. The highest BCUT2D eigenvalue weighted by Gasteiger charge is 2.22. The zero-order valence-electron chi connectivity index (χ0n) is 13.3. The fourth-order valence-corrected chi connectivity index (χ4v) is 2.71. The molecule has 4 rings (SSSR count).